The zero-order valence-corrected chi connectivity index (χ0v) is 12.3. The third-order valence-corrected chi connectivity index (χ3v) is 3.12. The van der Waals surface area contributed by atoms with Gasteiger partial charge < -0.3 is 14.6 Å². The molecule has 0 bridgehead atoms. The Morgan fingerprint density at radius 3 is 2.52 bits per heavy atom. The second kappa shape index (κ2) is 7.50. The van der Waals surface area contributed by atoms with Crippen LogP contribution in [0.5, 0.6) is 11.5 Å². The van der Waals surface area contributed by atoms with Crippen LogP contribution in [0.4, 0.5) is 0 Å². The van der Waals surface area contributed by atoms with Gasteiger partial charge >= 0.3 is 0 Å². The maximum atomic E-state index is 9.57. The van der Waals surface area contributed by atoms with E-state index in [1.807, 2.05) is 54.6 Å². The molecule has 0 aliphatic rings. The van der Waals surface area contributed by atoms with E-state index in [0.29, 0.717) is 18.1 Å². The Labute approximate surface area is 125 Å². The van der Waals surface area contributed by atoms with Gasteiger partial charge in [-0.15, -0.1) is 0 Å². The Morgan fingerprint density at radius 2 is 1.86 bits per heavy atom. The molecular formula is C18H20O3. The van der Waals surface area contributed by atoms with Crippen LogP contribution < -0.4 is 9.47 Å². The summed E-state index contributed by atoms with van der Waals surface area (Å²) < 4.78 is 11.0. The second-order valence-corrected chi connectivity index (χ2v) is 4.71. The summed E-state index contributed by atoms with van der Waals surface area (Å²) in [5.41, 5.74) is 1.94. The van der Waals surface area contributed by atoms with Gasteiger partial charge in [0.2, 0.25) is 0 Å². The van der Waals surface area contributed by atoms with Crippen LogP contribution in [0.3, 0.4) is 0 Å². The summed E-state index contributed by atoms with van der Waals surface area (Å²) >= 11 is 0. The molecule has 1 atom stereocenters. The van der Waals surface area contributed by atoms with Crippen LogP contribution in [-0.2, 0) is 0 Å². The smallest absolute Gasteiger partial charge is 0.161 e. The fourth-order valence-electron chi connectivity index (χ4n) is 1.95. The van der Waals surface area contributed by atoms with Crippen LogP contribution >= 0.6 is 0 Å². The highest BCUT2D eigenvalue weighted by Gasteiger charge is 2.08. The lowest BCUT2D eigenvalue weighted by molar-refractivity contribution is 0.198. The summed E-state index contributed by atoms with van der Waals surface area (Å²) in [6, 6.07) is 15.5. The normalized spacial score (nSPS) is 12.3. The second-order valence-electron chi connectivity index (χ2n) is 4.71. The van der Waals surface area contributed by atoms with E-state index in [2.05, 4.69) is 0 Å². The molecule has 110 valence electrons. The minimum Gasteiger partial charge on any atom is -0.493 e. The third kappa shape index (κ3) is 4.36. The lowest BCUT2D eigenvalue weighted by atomic mass is 10.1. The third-order valence-electron chi connectivity index (χ3n) is 3.12. The molecule has 0 saturated carbocycles. The van der Waals surface area contributed by atoms with Gasteiger partial charge in [-0.05, 0) is 36.3 Å². The van der Waals surface area contributed by atoms with E-state index in [1.54, 1.807) is 20.1 Å². The predicted molar refractivity (Wildman–Crippen MR) is 84.6 cm³/mol. The first-order chi connectivity index (χ1) is 10.2. The summed E-state index contributed by atoms with van der Waals surface area (Å²) in [4.78, 5) is 0. The molecule has 0 aromatic heterocycles. The van der Waals surface area contributed by atoms with Crippen LogP contribution in [-0.4, -0.2) is 18.8 Å². The molecule has 2 aromatic rings. The molecule has 0 radical (unpaired) electrons. The van der Waals surface area contributed by atoms with Gasteiger partial charge in [0.25, 0.3) is 0 Å². The average Bonchev–Trinajstić information content (AvgIpc) is 2.52. The van der Waals surface area contributed by atoms with Crippen molar-refractivity contribution >= 4 is 6.08 Å². The maximum absolute atomic E-state index is 9.57. The highest BCUT2D eigenvalue weighted by Crippen LogP contribution is 2.30. The number of aliphatic hydroxyl groups is 1. The Hall–Kier alpha value is -2.26. The summed E-state index contributed by atoms with van der Waals surface area (Å²) in [5, 5.41) is 9.57. The first kappa shape index (κ1) is 15.1. The van der Waals surface area contributed by atoms with Crippen LogP contribution in [0.1, 0.15) is 24.2 Å². The van der Waals surface area contributed by atoms with Crippen molar-refractivity contribution in [3.63, 3.8) is 0 Å². The van der Waals surface area contributed by atoms with Gasteiger partial charge in [0, 0.05) is 0 Å². The fourth-order valence-corrected chi connectivity index (χ4v) is 1.95. The van der Waals surface area contributed by atoms with Crippen molar-refractivity contribution in [2.24, 2.45) is 0 Å². The van der Waals surface area contributed by atoms with Crippen molar-refractivity contribution < 1.29 is 14.6 Å². The quantitative estimate of drug-likeness (QED) is 0.876. The van der Waals surface area contributed by atoms with Crippen LogP contribution in [0.2, 0.25) is 0 Å². The van der Waals surface area contributed by atoms with E-state index in [9.17, 15) is 5.11 Å². The van der Waals surface area contributed by atoms with E-state index < -0.39 is 6.10 Å². The minimum atomic E-state index is -0.522. The van der Waals surface area contributed by atoms with Crippen molar-refractivity contribution in [1.82, 2.24) is 0 Å². The largest absolute Gasteiger partial charge is 0.493 e. The molecule has 0 aliphatic heterocycles. The highest BCUT2D eigenvalue weighted by molar-refractivity contribution is 5.49. The standard InChI is InChI=1S/C18H20O3/c1-14(19)16-10-11-17(18(13-16)20-2)21-12-6-9-15-7-4-3-5-8-15/h3-11,13-14,19H,12H2,1-2H3/b9-6+. The van der Waals surface area contributed by atoms with E-state index >= 15 is 0 Å². The van der Waals surface area contributed by atoms with E-state index in [-0.39, 0.29) is 0 Å². The van der Waals surface area contributed by atoms with Gasteiger partial charge in [0.15, 0.2) is 11.5 Å². The van der Waals surface area contributed by atoms with Gasteiger partial charge in [-0.3, -0.25) is 0 Å². The van der Waals surface area contributed by atoms with Crippen molar-refractivity contribution in [3.05, 3.63) is 65.7 Å². The van der Waals surface area contributed by atoms with Gasteiger partial charge in [-0.2, -0.15) is 0 Å². The van der Waals surface area contributed by atoms with Gasteiger partial charge in [-0.25, -0.2) is 0 Å². The SMILES string of the molecule is COc1cc(C(C)O)ccc1OC/C=C/c1ccccc1. The molecular weight excluding hydrogens is 264 g/mol. The lowest BCUT2D eigenvalue weighted by Crippen LogP contribution is -1.98. The summed E-state index contributed by atoms with van der Waals surface area (Å²) in [7, 11) is 1.59. The zero-order valence-electron chi connectivity index (χ0n) is 12.3. The monoisotopic (exact) mass is 284 g/mol. The molecule has 0 saturated heterocycles. The topological polar surface area (TPSA) is 38.7 Å². The summed E-state index contributed by atoms with van der Waals surface area (Å²) in [5.74, 6) is 1.29. The van der Waals surface area contributed by atoms with Crippen LogP contribution in [0.25, 0.3) is 6.08 Å². The Kier molecular flexibility index (Phi) is 5.41. The molecule has 1 N–H and O–H groups in total. The molecule has 0 heterocycles. The lowest BCUT2D eigenvalue weighted by Gasteiger charge is -2.12. The Bertz CT molecular complexity index is 589. The average molecular weight is 284 g/mol. The number of aliphatic hydroxyl groups excluding tert-OH is 1. The van der Waals surface area contributed by atoms with Gasteiger partial charge in [0.1, 0.15) is 6.61 Å². The summed E-state index contributed by atoms with van der Waals surface area (Å²) in [6.45, 7) is 2.18. The molecule has 21 heavy (non-hydrogen) atoms. The molecule has 2 rings (SSSR count). The van der Waals surface area contributed by atoms with Crippen molar-refractivity contribution in [2.75, 3.05) is 13.7 Å². The summed E-state index contributed by atoms with van der Waals surface area (Å²) in [6.07, 6.45) is 3.44. The molecule has 2 aromatic carbocycles. The number of hydrogen-bond donors (Lipinski definition) is 1. The molecule has 0 amide bonds. The Morgan fingerprint density at radius 1 is 1.10 bits per heavy atom. The Balaban J connectivity index is 1.98. The molecule has 0 spiro atoms. The van der Waals surface area contributed by atoms with Crippen molar-refractivity contribution in [1.29, 1.82) is 0 Å². The number of hydrogen-bond acceptors (Lipinski definition) is 3. The van der Waals surface area contributed by atoms with Gasteiger partial charge in [0.05, 0.1) is 13.2 Å². The van der Waals surface area contributed by atoms with Crippen molar-refractivity contribution in [3.8, 4) is 11.5 Å². The molecule has 3 heteroatoms. The minimum absolute atomic E-state index is 0.458. The zero-order chi connectivity index (χ0) is 15.1. The van der Waals surface area contributed by atoms with E-state index in [0.717, 1.165) is 11.1 Å². The van der Waals surface area contributed by atoms with Crippen LogP contribution in [0, 0.1) is 0 Å². The molecule has 0 aliphatic carbocycles. The number of ether oxygens (including phenoxy) is 2. The van der Waals surface area contributed by atoms with Crippen LogP contribution in [0.15, 0.2) is 54.6 Å². The number of rotatable bonds is 6. The molecule has 0 fully saturated rings. The van der Waals surface area contributed by atoms with E-state index in [4.69, 9.17) is 9.47 Å². The molecule has 1 unspecified atom stereocenters. The van der Waals surface area contributed by atoms with Crippen molar-refractivity contribution in [2.45, 2.75) is 13.0 Å². The fraction of sp³-hybridized carbons (Fsp3) is 0.222. The van der Waals surface area contributed by atoms with Gasteiger partial charge in [-0.1, -0.05) is 42.5 Å². The predicted octanol–water partition coefficient (Wildman–Crippen LogP) is 3.84. The number of benzene rings is 2. The first-order valence-corrected chi connectivity index (χ1v) is 6.91. The highest BCUT2D eigenvalue weighted by atomic mass is 16.5. The van der Waals surface area contributed by atoms with E-state index in [1.165, 1.54) is 0 Å². The number of methoxy groups -OCH3 is 1. The maximum Gasteiger partial charge on any atom is 0.161 e. The first-order valence-electron chi connectivity index (χ1n) is 6.91. The molecule has 3 nitrogen and oxygen atoms in total.